The van der Waals surface area contributed by atoms with Crippen molar-refractivity contribution in [2.75, 3.05) is 0 Å². The van der Waals surface area contributed by atoms with Crippen LogP contribution in [-0.4, -0.2) is 21.9 Å². The second-order valence-corrected chi connectivity index (χ2v) is 13.2. The minimum absolute atomic E-state index is 0.00435. The van der Waals surface area contributed by atoms with Crippen molar-refractivity contribution in [3.05, 3.63) is 117 Å². The fourth-order valence-corrected chi connectivity index (χ4v) is 4.62. The zero-order valence-corrected chi connectivity index (χ0v) is 26.6. The first-order valence-electron chi connectivity index (χ1n) is 10.9. The molecule has 0 aliphatic heterocycles. The van der Waals surface area contributed by atoms with Crippen molar-refractivity contribution in [2.24, 2.45) is 10.3 Å². The largest absolute Gasteiger partial charge is 0.508 e. The SMILES string of the molecule is BrCc1ccc(Br)cc1.NS(=O)(=O)c1ccc(O)cc1.NS(=O)(=O)c1ccc(OCc2ccc(Br)cc2)cc1. The number of aromatic hydroxyl groups is 1. The summed E-state index contributed by atoms with van der Waals surface area (Å²) in [5, 5.41) is 19.5. The first-order chi connectivity index (χ1) is 18.3. The number of primary sulfonamides is 2. The van der Waals surface area contributed by atoms with Crippen LogP contribution in [0.3, 0.4) is 0 Å². The fraction of sp³-hybridized carbons (Fsp3) is 0.0769. The highest BCUT2D eigenvalue weighted by atomic mass is 79.9. The van der Waals surface area contributed by atoms with Crippen molar-refractivity contribution < 1.29 is 26.7 Å². The third-order valence-corrected chi connectivity index (χ3v) is 8.27. The Morgan fingerprint density at radius 1 is 0.615 bits per heavy atom. The Kier molecular flexibility index (Phi) is 13.1. The lowest BCUT2D eigenvalue weighted by atomic mass is 10.2. The summed E-state index contributed by atoms with van der Waals surface area (Å²) in [6, 6.07) is 27.0. The number of halogens is 3. The number of ether oxygens (including phenoxy) is 1. The molecule has 0 heterocycles. The summed E-state index contributed by atoms with van der Waals surface area (Å²) in [4.78, 5) is 0.0683. The minimum atomic E-state index is -3.65. The molecule has 0 bridgehead atoms. The van der Waals surface area contributed by atoms with Crippen LogP contribution in [0, 0.1) is 0 Å². The number of nitrogens with two attached hydrogens (primary N) is 2. The predicted molar refractivity (Wildman–Crippen MR) is 163 cm³/mol. The Hall–Kier alpha value is -2.26. The van der Waals surface area contributed by atoms with Crippen LogP contribution in [0.2, 0.25) is 0 Å². The molecular formula is C26H25Br3N2O6S2. The maximum Gasteiger partial charge on any atom is 0.238 e. The van der Waals surface area contributed by atoms with Crippen molar-refractivity contribution in [1.82, 2.24) is 0 Å². The van der Waals surface area contributed by atoms with E-state index in [-0.39, 0.29) is 15.5 Å². The van der Waals surface area contributed by atoms with Crippen molar-refractivity contribution >= 4 is 67.8 Å². The number of hydrogen-bond acceptors (Lipinski definition) is 6. The second kappa shape index (κ2) is 15.5. The molecule has 13 heteroatoms. The van der Waals surface area contributed by atoms with Crippen LogP contribution in [0.4, 0.5) is 0 Å². The summed E-state index contributed by atoms with van der Waals surface area (Å²) < 4.78 is 51.1. The highest BCUT2D eigenvalue weighted by Crippen LogP contribution is 2.17. The number of hydrogen-bond donors (Lipinski definition) is 3. The van der Waals surface area contributed by atoms with Gasteiger partial charge >= 0.3 is 0 Å². The van der Waals surface area contributed by atoms with E-state index in [1.807, 2.05) is 36.4 Å². The molecule has 8 nitrogen and oxygen atoms in total. The van der Waals surface area contributed by atoms with Crippen LogP contribution in [-0.2, 0) is 32.0 Å². The number of benzene rings is 4. The van der Waals surface area contributed by atoms with Gasteiger partial charge in [-0.25, -0.2) is 27.1 Å². The summed E-state index contributed by atoms with van der Waals surface area (Å²) in [6.07, 6.45) is 0. The number of alkyl halides is 1. The van der Waals surface area contributed by atoms with Crippen molar-refractivity contribution in [2.45, 2.75) is 21.7 Å². The lowest BCUT2D eigenvalue weighted by Crippen LogP contribution is -2.11. The van der Waals surface area contributed by atoms with Crippen LogP contribution < -0.4 is 15.0 Å². The van der Waals surface area contributed by atoms with Gasteiger partial charge in [-0.2, -0.15) is 0 Å². The molecule has 0 aliphatic carbocycles. The molecule has 0 atom stereocenters. The Labute approximate surface area is 253 Å². The molecule has 4 rings (SSSR count). The van der Waals surface area contributed by atoms with Crippen LogP contribution in [0.15, 0.2) is 116 Å². The van der Waals surface area contributed by atoms with Gasteiger partial charge in [0.05, 0.1) is 9.79 Å². The van der Waals surface area contributed by atoms with Crippen molar-refractivity contribution in [3.63, 3.8) is 0 Å². The Morgan fingerprint density at radius 3 is 1.38 bits per heavy atom. The number of phenolic OH excluding ortho intramolecular Hbond substituents is 1. The lowest BCUT2D eigenvalue weighted by Gasteiger charge is -2.07. The molecule has 0 radical (unpaired) electrons. The highest BCUT2D eigenvalue weighted by molar-refractivity contribution is 9.10. The van der Waals surface area contributed by atoms with Gasteiger partial charge in [-0.1, -0.05) is 72.1 Å². The zero-order valence-electron chi connectivity index (χ0n) is 20.2. The molecule has 5 N–H and O–H groups in total. The van der Waals surface area contributed by atoms with Gasteiger partial charge in [-0.05, 0) is 83.9 Å². The summed E-state index contributed by atoms with van der Waals surface area (Å²) in [5.74, 6) is 0.604. The smallest absolute Gasteiger partial charge is 0.238 e. The zero-order chi connectivity index (χ0) is 29.1. The standard InChI is InChI=1S/C13H12BrNO3S.C7H6Br2.C6H7NO3S/c14-11-3-1-10(2-4-11)9-18-12-5-7-13(8-6-12)19(15,16)17;8-5-6-1-3-7(9)4-2-6;7-11(9,10)6-3-1-5(8)2-4-6/h1-8H,9H2,(H2,15,16,17);1-4H,5H2;1-4,8H,(H2,7,9,10). The number of phenols is 1. The topological polar surface area (TPSA) is 150 Å². The van der Waals surface area contributed by atoms with E-state index in [9.17, 15) is 16.8 Å². The van der Waals surface area contributed by atoms with Crippen LogP contribution in [0.1, 0.15) is 11.1 Å². The average Bonchev–Trinajstić information content (AvgIpc) is 2.89. The van der Waals surface area contributed by atoms with Gasteiger partial charge in [0.2, 0.25) is 20.0 Å². The molecule has 39 heavy (non-hydrogen) atoms. The van der Waals surface area contributed by atoms with E-state index in [0.717, 1.165) is 19.8 Å². The van der Waals surface area contributed by atoms with E-state index in [1.165, 1.54) is 42.0 Å². The van der Waals surface area contributed by atoms with E-state index in [4.69, 9.17) is 20.1 Å². The van der Waals surface area contributed by atoms with E-state index >= 15 is 0 Å². The van der Waals surface area contributed by atoms with Crippen LogP contribution in [0.5, 0.6) is 11.5 Å². The Morgan fingerprint density at radius 2 is 1.00 bits per heavy atom. The normalized spacial score (nSPS) is 10.9. The predicted octanol–water partition coefficient (Wildman–Crippen LogP) is 6.06. The molecule has 208 valence electrons. The monoisotopic (exact) mass is 762 g/mol. The van der Waals surface area contributed by atoms with Crippen LogP contribution >= 0.6 is 47.8 Å². The highest BCUT2D eigenvalue weighted by Gasteiger charge is 2.07. The van der Waals surface area contributed by atoms with Gasteiger partial charge in [-0.15, -0.1) is 0 Å². The van der Waals surface area contributed by atoms with Crippen molar-refractivity contribution in [3.8, 4) is 11.5 Å². The molecule has 0 saturated heterocycles. The Bertz CT molecular complexity index is 1530. The number of rotatable bonds is 6. The average molecular weight is 765 g/mol. The Balaban J connectivity index is 0.000000226. The molecule has 0 spiro atoms. The minimum Gasteiger partial charge on any atom is -0.508 e. The molecule has 4 aromatic carbocycles. The second-order valence-electron chi connectivity index (χ2n) is 7.73. The number of sulfonamides is 2. The van der Waals surface area contributed by atoms with Crippen LogP contribution in [0.25, 0.3) is 0 Å². The summed E-state index contributed by atoms with van der Waals surface area (Å²) in [7, 11) is -7.28. The molecular weight excluding hydrogens is 740 g/mol. The molecule has 0 saturated carbocycles. The molecule has 0 aliphatic rings. The van der Waals surface area contributed by atoms with Gasteiger partial charge in [0.15, 0.2) is 0 Å². The molecule has 4 aromatic rings. The first-order valence-corrected chi connectivity index (χ1v) is 16.7. The maximum absolute atomic E-state index is 11.1. The lowest BCUT2D eigenvalue weighted by molar-refractivity contribution is 0.306. The molecule has 0 aromatic heterocycles. The first kappa shape index (κ1) is 32.9. The summed E-state index contributed by atoms with van der Waals surface area (Å²) in [6.45, 7) is 0.419. The molecule has 0 unspecified atom stereocenters. The van der Waals surface area contributed by atoms with Gasteiger partial charge in [-0.3, -0.25) is 0 Å². The van der Waals surface area contributed by atoms with Gasteiger partial charge in [0.25, 0.3) is 0 Å². The fourth-order valence-electron chi connectivity index (χ4n) is 2.68. The maximum atomic E-state index is 11.1. The molecule has 0 fully saturated rings. The van der Waals surface area contributed by atoms with E-state index in [2.05, 4.69) is 59.9 Å². The van der Waals surface area contributed by atoms with Crippen molar-refractivity contribution in [1.29, 1.82) is 0 Å². The van der Waals surface area contributed by atoms with E-state index < -0.39 is 20.0 Å². The quantitative estimate of drug-likeness (QED) is 0.203. The molecule has 0 amide bonds. The van der Waals surface area contributed by atoms with E-state index in [0.29, 0.717) is 12.4 Å². The third-order valence-electron chi connectivity index (χ3n) is 4.70. The van der Waals surface area contributed by atoms with Gasteiger partial charge < -0.3 is 9.84 Å². The van der Waals surface area contributed by atoms with Gasteiger partial charge in [0.1, 0.15) is 18.1 Å². The van der Waals surface area contributed by atoms with E-state index in [1.54, 1.807) is 12.1 Å². The van der Waals surface area contributed by atoms with Gasteiger partial charge in [0, 0.05) is 14.3 Å². The summed E-state index contributed by atoms with van der Waals surface area (Å²) in [5.41, 5.74) is 2.33. The summed E-state index contributed by atoms with van der Waals surface area (Å²) >= 11 is 10.1. The third kappa shape index (κ3) is 12.6.